The lowest BCUT2D eigenvalue weighted by Gasteiger charge is -2.35. The van der Waals surface area contributed by atoms with Crippen LogP contribution in [0.2, 0.25) is 10.0 Å². The highest BCUT2D eigenvalue weighted by Gasteiger charge is 2.34. The van der Waals surface area contributed by atoms with Gasteiger partial charge in [0.25, 0.3) is 5.56 Å². The van der Waals surface area contributed by atoms with Gasteiger partial charge in [-0.15, -0.1) is 0 Å². The maximum absolute atomic E-state index is 13.0. The third-order valence-corrected chi connectivity index (χ3v) is 6.83. The number of esters is 1. The Kier molecular flexibility index (Phi) is 8.22. The van der Waals surface area contributed by atoms with Crippen LogP contribution in [0.25, 0.3) is 0 Å². The molecule has 1 fully saturated rings. The molecule has 1 aliphatic rings. The average molecular weight is 508 g/mol. The van der Waals surface area contributed by atoms with Crippen molar-refractivity contribution in [1.29, 1.82) is 0 Å². The Labute approximate surface area is 213 Å². The molecule has 1 atom stereocenters. The molecule has 186 valence electrons. The summed E-state index contributed by atoms with van der Waals surface area (Å²) in [5.74, 6) is -0.349. The highest BCUT2D eigenvalue weighted by molar-refractivity contribution is 6.34. The molecule has 0 spiro atoms. The molecule has 1 aliphatic heterocycles. The Balaban J connectivity index is 1.80. The fourth-order valence-electron chi connectivity index (χ4n) is 4.61. The summed E-state index contributed by atoms with van der Waals surface area (Å²) in [6, 6.07) is 9.31. The number of carbonyl (C=O) groups is 1. The van der Waals surface area contributed by atoms with E-state index < -0.39 is 5.60 Å². The van der Waals surface area contributed by atoms with E-state index >= 15 is 0 Å². The molecule has 0 bridgehead atoms. The number of aromatic nitrogens is 1. The van der Waals surface area contributed by atoms with Crippen LogP contribution in [0.1, 0.15) is 76.0 Å². The maximum Gasteiger partial charge on any atom is 0.338 e. The Morgan fingerprint density at radius 3 is 2.29 bits per heavy atom. The Morgan fingerprint density at radius 1 is 1.06 bits per heavy atom. The zero-order valence-electron chi connectivity index (χ0n) is 21.1. The van der Waals surface area contributed by atoms with Gasteiger partial charge in [0, 0.05) is 19.1 Å². The van der Waals surface area contributed by atoms with Gasteiger partial charge in [-0.05, 0) is 75.8 Å². The topological polar surface area (TPSA) is 51.5 Å². The number of rotatable bonds is 6. The molecule has 0 aliphatic carbocycles. The monoisotopic (exact) mass is 506 g/mol. The minimum atomic E-state index is -0.541. The lowest BCUT2D eigenvalue weighted by Crippen LogP contribution is -2.40. The van der Waals surface area contributed by atoms with Gasteiger partial charge in [-0.25, -0.2) is 4.79 Å². The molecule has 1 aromatic heterocycles. The summed E-state index contributed by atoms with van der Waals surface area (Å²) in [6.07, 6.45) is 2.89. The van der Waals surface area contributed by atoms with Gasteiger partial charge >= 0.3 is 5.97 Å². The highest BCUT2D eigenvalue weighted by Crippen LogP contribution is 2.34. The van der Waals surface area contributed by atoms with Gasteiger partial charge in [0.2, 0.25) is 0 Å². The van der Waals surface area contributed by atoms with E-state index in [2.05, 4.69) is 25.7 Å². The second-order valence-corrected chi connectivity index (χ2v) is 12.0. The third kappa shape index (κ3) is 6.65. The first-order valence-corrected chi connectivity index (χ1v) is 12.7. The van der Waals surface area contributed by atoms with Crippen molar-refractivity contribution in [2.75, 3.05) is 6.54 Å². The number of carbonyl (C=O) groups excluding carboxylic acids is 1. The number of likely N-dealkylation sites (tertiary alicyclic amines) is 1. The van der Waals surface area contributed by atoms with Crippen molar-refractivity contribution in [2.45, 2.75) is 85.5 Å². The van der Waals surface area contributed by atoms with Crippen molar-refractivity contribution < 1.29 is 9.53 Å². The van der Waals surface area contributed by atoms with Gasteiger partial charge in [-0.3, -0.25) is 9.69 Å². The SMILES string of the molecule is CC(C)(C)OC(=O)c1ccc(CCn2c(CN3CCCC3C(C)(C)C)c(Cl)cc(Cl)c2=O)cc1. The van der Waals surface area contributed by atoms with E-state index in [1.165, 1.54) is 0 Å². The third-order valence-electron chi connectivity index (χ3n) is 6.23. The van der Waals surface area contributed by atoms with E-state index in [4.69, 9.17) is 27.9 Å². The molecule has 2 heterocycles. The quantitative estimate of drug-likeness (QED) is 0.427. The number of ether oxygens (including phenoxy) is 1. The van der Waals surface area contributed by atoms with E-state index in [-0.39, 0.29) is 22.0 Å². The Bertz CT molecular complexity index is 1080. The van der Waals surface area contributed by atoms with Crippen LogP contribution in [0.5, 0.6) is 0 Å². The van der Waals surface area contributed by atoms with Crippen molar-refractivity contribution in [1.82, 2.24) is 9.47 Å². The number of halogens is 2. The molecule has 0 radical (unpaired) electrons. The summed E-state index contributed by atoms with van der Waals surface area (Å²) in [5.41, 5.74) is 1.70. The molecule has 1 aromatic carbocycles. The number of nitrogens with zero attached hydrogens (tertiary/aromatic N) is 2. The predicted octanol–water partition coefficient (Wildman–Crippen LogP) is 6.36. The van der Waals surface area contributed by atoms with Gasteiger partial charge in [0.1, 0.15) is 10.6 Å². The fourth-order valence-corrected chi connectivity index (χ4v) is 5.15. The molecule has 5 nitrogen and oxygen atoms in total. The average Bonchev–Trinajstić information content (AvgIpc) is 3.20. The van der Waals surface area contributed by atoms with Gasteiger partial charge in [0.05, 0.1) is 16.3 Å². The summed E-state index contributed by atoms with van der Waals surface area (Å²) < 4.78 is 7.14. The van der Waals surface area contributed by atoms with Crippen LogP contribution in [0.3, 0.4) is 0 Å². The van der Waals surface area contributed by atoms with Crippen LogP contribution < -0.4 is 5.56 Å². The van der Waals surface area contributed by atoms with Crippen molar-refractivity contribution >= 4 is 29.2 Å². The van der Waals surface area contributed by atoms with Gasteiger partial charge in [-0.2, -0.15) is 0 Å². The van der Waals surface area contributed by atoms with Gasteiger partial charge < -0.3 is 9.30 Å². The van der Waals surface area contributed by atoms with Crippen LogP contribution in [0.15, 0.2) is 35.1 Å². The minimum absolute atomic E-state index is 0.128. The first kappa shape index (κ1) is 26.8. The van der Waals surface area contributed by atoms with E-state index in [1.807, 2.05) is 32.9 Å². The van der Waals surface area contributed by atoms with Gasteiger partial charge in [0.15, 0.2) is 0 Å². The summed E-state index contributed by atoms with van der Waals surface area (Å²) in [7, 11) is 0. The zero-order chi connectivity index (χ0) is 25.3. The summed E-state index contributed by atoms with van der Waals surface area (Å²) in [6.45, 7) is 14.4. The number of benzene rings is 1. The van der Waals surface area contributed by atoms with E-state index in [9.17, 15) is 9.59 Å². The number of pyridine rings is 1. The second kappa shape index (κ2) is 10.4. The number of aryl methyl sites for hydroxylation is 1. The van der Waals surface area contributed by atoms with E-state index in [0.717, 1.165) is 30.6 Å². The van der Waals surface area contributed by atoms with Crippen molar-refractivity contribution in [3.05, 3.63) is 67.6 Å². The van der Waals surface area contributed by atoms with E-state index in [0.29, 0.717) is 36.1 Å². The largest absolute Gasteiger partial charge is 0.456 e. The van der Waals surface area contributed by atoms with Crippen molar-refractivity contribution in [3.8, 4) is 0 Å². The Morgan fingerprint density at radius 2 is 1.71 bits per heavy atom. The van der Waals surface area contributed by atoms with Crippen LogP contribution in [0, 0.1) is 5.41 Å². The fraction of sp³-hybridized carbons (Fsp3) is 0.556. The molecular formula is C27H36Cl2N2O3. The molecule has 34 heavy (non-hydrogen) atoms. The predicted molar refractivity (Wildman–Crippen MR) is 139 cm³/mol. The molecule has 2 aromatic rings. The standard InChI is InChI=1S/C27H36Cl2N2O3/c1-26(2,3)23-8-7-14-30(23)17-22-20(28)16-21(29)24(32)31(22)15-13-18-9-11-19(12-10-18)25(33)34-27(4,5)6/h9-12,16,23H,7-8,13-15,17H2,1-6H3. The van der Waals surface area contributed by atoms with Crippen LogP contribution in [-0.4, -0.2) is 33.6 Å². The lowest BCUT2D eigenvalue weighted by molar-refractivity contribution is 0.00695. The molecule has 3 rings (SSSR count). The summed E-state index contributed by atoms with van der Waals surface area (Å²) >= 11 is 12.8. The smallest absolute Gasteiger partial charge is 0.338 e. The lowest BCUT2D eigenvalue weighted by atomic mass is 9.85. The Hall–Kier alpha value is -1.82. The van der Waals surface area contributed by atoms with Crippen LogP contribution >= 0.6 is 23.2 Å². The normalized spacial score (nSPS) is 17.2. The summed E-state index contributed by atoms with van der Waals surface area (Å²) in [4.78, 5) is 27.7. The maximum atomic E-state index is 13.0. The van der Waals surface area contributed by atoms with E-state index in [1.54, 1.807) is 22.8 Å². The molecule has 0 N–H and O–H groups in total. The highest BCUT2D eigenvalue weighted by atomic mass is 35.5. The number of hydrogen-bond acceptors (Lipinski definition) is 4. The molecule has 0 amide bonds. The number of hydrogen-bond donors (Lipinski definition) is 0. The zero-order valence-corrected chi connectivity index (χ0v) is 22.6. The summed E-state index contributed by atoms with van der Waals surface area (Å²) in [5, 5.41) is 0.646. The molecular weight excluding hydrogens is 471 g/mol. The van der Waals surface area contributed by atoms with Crippen LogP contribution in [0.4, 0.5) is 0 Å². The van der Waals surface area contributed by atoms with Crippen LogP contribution in [-0.2, 0) is 24.2 Å². The molecule has 0 saturated carbocycles. The van der Waals surface area contributed by atoms with Crippen molar-refractivity contribution in [3.63, 3.8) is 0 Å². The molecule has 7 heteroatoms. The first-order chi connectivity index (χ1) is 15.8. The second-order valence-electron chi connectivity index (χ2n) is 11.2. The molecule has 1 unspecified atom stereocenters. The first-order valence-electron chi connectivity index (χ1n) is 11.9. The minimum Gasteiger partial charge on any atom is -0.456 e. The molecule has 1 saturated heterocycles. The van der Waals surface area contributed by atoms with Gasteiger partial charge in [-0.1, -0.05) is 56.1 Å². The van der Waals surface area contributed by atoms with Crippen molar-refractivity contribution in [2.24, 2.45) is 5.41 Å².